The molecule has 3 rings (SSSR count). The Bertz CT molecular complexity index is 1030. The molecule has 0 aliphatic heterocycles. The normalized spacial score (nSPS) is 11.5. The van der Waals surface area contributed by atoms with Crippen LogP contribution in [0.15, 0.2) is 83.3 Å². The van der Waals surface area contributed by atoms with E-state index < -0.39 is 6.04 Å². The van der Waals surface area contributed by atoms with E-state index in [-0.39, 0.29) is 18.4 Å². The fraction of sp³-hybridized carbons (Fsp3) is 0.200. The van der Waals surface area contributed by atoms with Crippen LogP contribution in [0, 0.1) is 3.57 Å². The summed E-state index contributed by atoms with van der Waals surface area (Å²) in [5.41, 5.74) is 1.91. The van der Waals surface area contributed by atoms with Crippen molar-refractivity contribution in [3.63, 3.8) is 0 Å². The topological polar surface area (TPSA) is 58.6 Å². The van der Waals surface area contributed by atoms with E-state index in [1.54, 1.807) is 11.9 Å². The maximum Gasteiger partial charge on any atom is 0.261 e. The van der Waals surface area contributed by atoms with Gasteiger partial charge in [-0.25, -0.2) is 0 Å². The van der Waals surface area contributed by atoms with E-state index in [1.165, 1.54) is 0 Å². The van der Waals surface area contributed by atoms with E-state index in [0.29, 0.717) is 18.7 Å². The number of carbonyl (C=O) groups excluding carboxylic acids is 2. The summed E-state index contributed by atoms with van der Waals surface area (Å²) in [5, 5.41) is 2.71. The summed E-state index contributed by atoms with van der Waals surface area (Å²) in [6, 6.07) is 24.2. The van der Waals surface area contributed by atoms with Crippen LogP contribution in [-0.2, 0) is 22.6 Å². The number of likely N-dealkylation sites (N-methyl/N-ethyl adjacent to an activating group) is 1. The number of nitrogens with one attached hydrogen (secondary N) is 1. The lowest BCUT2D eigenvalue weighted by Crippen LogP contribution is -2.51. The third-order valence-corrected chi connectivity index (χ3v) is 6.21. The molecule has 2 amide bonds. The summed E-state index contributed by atoms with van der Waals surface area (Å²) in [7, 11) is 1.59. The molecule has 0 radical (unpaired) electrons. The lowest BCUT2D eigenvalue weighted by Gasteiger charge is -2.31. The van der Waals surface area contributed by atoms with Crippen molar-refractivity contribution in [1.29, 1.82) is 0 Å². The zero-order chi connectivity index (χ0) is 22.9. The van der Waals surface area contributed by atoms with Crippen LogP contribution in [0.5, 0.6) is 5.75 Å². The highest BCUT2D eigenvalue weighted by Gasteiger charge is 2.30. The Morgan fingerprint density at radius 3 is 2.25 bits per heavy atom. The predicted octanol–water partition coefficient (Wildman–Crippen LogP) is 4.82. The van der Waals surface area contributed by atoms with Crippen molar-refractivity contribution in [3.05, 3.63) is 98.0 Å². The van der Waals surface area contributed by atoms with Crippen LogP contribution in [0.25, 0.3) is 0 Å². The van der Waals surface area contributed by atoms with Crippen LogP contribution in [-0.4, -0.2) is 36.4 Å². The molecule has 0 spiro atoms. The maximum atomic E-state index is 13.3. The van der Waals surface area contributed by atoms with E-state index in [1.807, 2.05) is 78.9 Å². The molecule has 0 aliphatic rings. The molecule has 0 bridgehead atoms. The number of hydrogen-bond acceptors (Lipinski definition) is 3. The van der Waals surface area contributed by atoms with Gasteiger partial charge >= 0.3 is 0 Å². The van der Waals surface area contributed by atoms with E-state index in [2.05, 4.69) is 43.8 Å². The molecule has 0 aliphatic carbocycles. The Kier molecular flexibility index (Phi) is 9.11. The summed E-state index contributed by atoms with van der Waals surface area (Å²) in [6.45, 7) is 0.145. The minimum Gasteiger partial charge on any atom is -0.484 e. The maximum absolute atomic E-state index is 13.3. The second kappa shape index (κ2) is 12.0. The average molecular weight is 607 g/mol. The molecule has 3 aromatic carbocycles. The fourth-order valence-corrected chi connectivity index (χ4v) is 3.89. The molecule has 0 aromatic heterocycles. The zero-order valence-electron chi connectivity index (χ0n) is 17.6. The third kappa shape index (κ3) is 7.06. The molecular weight excluding hydrogens is 583 g/mol. The number of carbonyl (C=O) groups is 2. The van der Waals surface area contributed by atoms with E-state index in [4.69, 9.17) is 4.74 Å². The van der Waals surface area contributed by atoms with Crippen LogP contribution in [0.4, 0.5) is 0 Å². The first-order chi connectivity index (χ1) is 15.5. The van der Waals surface area contributed by atoms with Gasteiger partial charge < -0.3 is 15.0 Å². The van der Waals surface area contributed by atoms with Crippen LogP contribution in [0.3, 0.4) is 0 Å². The standard InChI is InChI=1S/C25H24BrIN2O3/c1-28-25(31)23(15-18-5-3-2-4-6-18)29(16-19-7-9-20(26)10-8-19)24(30)17-32-22-13-11-21(27)12-14-22/h2-14,23H,15-17H2,1H3,(H,28,31)/t23-/m1/s1. The van der Waals surface area contributed by atoms with Crippen molar-refractivity contribution in [1.82, 2.24) is 10.2 Å². The average Bonchev–Trinajstić information content (AvgIpc) is 2.82. The van der Waals surface area contributed by atoms with Crippen molar-refractivity contribution in [2.75, 3.05) is 13.7 Å². The molecule has 0 heterocycles. The number of benzene rings is 3. The van der Waals surface area contributed by atoms with Crippen LogP contribution >= 0.6 is 38.5 Å². The van der Waals surface area contributed by atoms with Gasteiger partial charge in [0.2, 0.25) is 5.91 Å². The molecule has 0 unspecified atom stereocenters. The lowest BCUT2D eigenvalue weighted by molar-refractivity contribution is -0.142. The number of rotatable bonds is 9. The molecular formula is C25H24BrIN2O3. The van der Waals surface area contributed by atoms with Gasteiger partial charge in [-0.1, -0.05) is 58.4 Å². The number of nitrogens with zero attached hydrogens (tertiary/aromatic N) is 1. The van der Waals surface area contributed by atoms with Gasteiger partial charge in [0.15, 0.2) is 6.61 Å². The Morgan fingerprint density at radius 2 is 1.62 bits per heavy atom. The monoisotopic (exact) mass is 606 g/mol. The summed E-state index contributed by atoms with van der Waals surface area (Å²) in [5.74, 6) is 0.145. The molecule has 1 atom stereocenters. The van der Waals surface area contributed by atoms with Gasteiger partial charge in [0.25, 0.3) is 5.91 Å². The number of halogens is 2. The van der Waals surface area contributed by atoms with Gasteiger partial charge in [-0.2, -0.15) is 0 Å². The Hall–Kier alpha value is -2.39. The van der Waals surface area contributed by atoms with Gasteiger partial charge in [-0.05, 0) is 70.1 Å². The highest BCUT2D eigenvalue weighted by Crippen LogP contribution is 2.18. The fourth-order valence-electron chi connectivity index (χ4n) is 3.27. The Balaban J connectivity index is 1.85. The molecule has 1 N–H and O–H groups in total. The molecule has 7 heteroatoms. The van der Waals surface area contributed by atoms with Crippen molar-refractivity contribution in [3.8, 4) is 5.75 Å². The van der Waals surface area contributed by atoms with E-state index in [0.717, 1.165) is 19.2 Å². The van der Waals surface area contributed by atoms with Crippen molar-refractivity contribution in [2.24, 2.45) is 0 Å². The number of hydrogen-bond donors (Lipinski definition) is 1. The van der Waals surface area contributed by atoms with Gasteiger partial charge in [-0.15, -0.1) is 0 Å². The molecule has 5 nitrogen and oxygen atoms in total. The second-order valence-corrected chi connectivity index (χ2v) is 9.37. The zero-order valence-corrected chi connectivity index (χ0v) is 21.4. The smallest absolute Gasteiger partial charge is 0.261 e. The predicted molar refractivity (Wildman–Crippen MR) is 137 cm³/mol. The minimum atomic E-state index is -0.668. The van der Waals surface area contributed by atoms with Crippen molar-refractivity contribution in [2.45, 2.75) is 19.0 Å². The molecule has 0 saturated carbocycles. The highest BCUT2D eigenvalue weighted by atomic mass is 127. The second-order valence-electron chi connectivity index (χ2n) is 7.21. The molecule has 166 valence electrons. The first-order valence-corrected chi connectivity index (χ1v) is 12.0. The van der Waals surface area contributed by atoms with Gasteiger partial charge in [0.1, 0.15) is 11.8 Å². The molecule has 0 saturated heterocycles. The SMILES string of the molecule is CNC(=O)[C@@H](Cc1ccccc1)N(Cc1ccc(Br)cc1)C(=O)COc1ccc(I)cc1. The summed E-state index contributed by atoms with van der Waals surface area (Å²) >= 11 is 5.65. The van der Waals surface area contributed by atoms with Crippen molar-refractivity contribution >= 4 is 50.3 Å². The van der Waals surface area contributed by atoms with E-state index in [9.17, 15) is 9.59 Å². The number of ether oxygens (including phenoxy) is 1. The van der Waals surface area contributed by atoms with Crippen molar-refractivity contribution < 1.29 is 14.3 Å². The molecule has 0 fully saturated rings. The lowest BCUT2D eigenvalue weighted by atomic mass is 10.0. The molecule has 32 heavy (non-hydrogen) atoms. The van der Waals surface area contributed by atoms with Crippen LogP contribution in [0.1, 0.15) is 11.1 Å². The van der Waals surface area contributed by atoms with Gasteiger partial charge in [-0.3, -0.25) is 9.59 Å². The highest BCUT2D eigenvalue weighted by molar-refractivity contribution is 14.1. The largest absolute Gasteiger partial charge is 0.484 e. The van der Waals surface area contributed by atoms with Crippen LogP contribution in [0.2, 0.25) is 0 Å². The quantitative estimate of drug-likeness (QED) is 0.356. The Labute approximate surface area is 210 Å². The first kappa shape index (κ1) is 24.3. The summed E-state index contributed by atoms with van der Waals surface area (Å²) in [4.78, 5) is 27.8. The third-order valence-electron chi connectivity index (χ3n) is 4.96. The summed E-state index contributed by atoms with van der Waals surface area (Å²) < 4.78 is 7.78. The molecule has 3 aromatic rings. The van der Waals surface area contributed by atoms with Gasteiger partial charge in [0, 0.05) is 28.1 Å². The van der Waals surface area contributed by atoms with Crippen LogP contribution < -0.4 is 10.1 Å². The minimum absolute atomic E-state index is 0.153. The first-order valence-electron chi connectivity index (χ1n) is 10.1. The van der Waals surface area contributed by atoms with Gasteiger partial charge in [0.05, 0.1) is 0 Å². The summed E-state index contributed by atoms with van der Waals surface area (Å²) in [6.07, 6.45) is 0.409. The Morgan fingerprint density at radius 1 is 0.969 bits per heavy atom. The number of amides is 2. The van der Waals surface area contributed by atoms with E-state index >= 15 is 0 Å².